The Labute approximate surface area is 137 Å². The van der Waals surface area contributed by atoms with Crippen LogP contribution in [0.15, 0.2) is 30.3 Å². The standard InChI is InChI=1S/C17H26N4O2/c1-17(16(22)18-2)12-21(8-9-23-17)11-14-10-19-20-15(14)13-6-4-3-5-7-13/h3-7,14-15,19-20H,8-12H2,1-2H3,(H,18,22). The van der Waals surface area contributed by atoms with Gasteiger partial charge in [0.2, 0.25) is 0 Å². The highest BCUT2D eigenvalue weighted by Crippen LogP contribution is 2.27. The SMILES string of the molecule is CNC(=O)C1(C)CN(CC2CNNC2c2ccccc2)CCO1. The molecule has 3 rings (SSSR count). The summed E-state index contributed by atoms with van der Waals surface area (Å²) in [5.74, 6) is 0.411. The van der Waals surface area contributed by atoms with E-state index in [4.69, 9.17) is 4.74 Å². The van der Waals surface area contributed by atoms with Crippen LogP contribution in [-0.4, -0.2) is 56.2 Å². The number of carbonyl (C=O) groups excluding carboxylic acids is 1. The maximum atomic E-state index is 12.1. The van der Waals surface area contributed by atoms with Crippen LogP contribution in [0.3, 0.4) is 0 Å². The van der Waals surface area contributed by atoms with Crippen molar-refractivity contribution in [2.24, 2.45) is 5.92 Å². The first kappa shape index (κ1) is 16.4. The fourth-order valence-electron chi connectivity index (χ4n) is 3.56. The molecule has 0 saturated carbocycles. The number of benzene rings is 1. The Bertz CT molecular complexity index is 539. The lowest BCUT2D eigenvalue weighted by atomic mass is 9.93. The quantitative estimate of drug-likeness (QED) is 0.745. The van der Waals surface area contributed by atoms with Crippen LogP contribution in [0.4, 0.5) is 0 Å². The lowest BCUT2D eigenvalue weighted by molar-refractivity contribution is -0.156. The molecule has 0 spiro atoms. The van der Waals surface area contributed by atoms with Crippen molar-refractivity contribution in [3.8, 4) is 0 Å². The molecule has 2 aliphatic rings. The second kappa shape index (κ2) is 6.97. The van der Waals surface area contributed by atoms with Gasteiger partial charge < -0.3 is 10.1 Å². The number of carbonyl (C=O) groups is 1. The van der Waals surface area contributed by atoms with Gasteiger partial charge in [0.1, 0.15) is 0 Å². The fourth-order valence-corrected chi connectivity index (χ4v) is 3.56. The van der Waals surface area contributed by atoms with Crippen LogP contribution in [0.1, 0.15) is 18.5 Å². The zero-order valence-corrected chi connectivity index (χ0v) is 13.8. The van der Waals surface area contributed by atoms with Gasteiger partial charge in [-0.1, -0.05) is 30.3 Å². The van der Waals surface area contributed by atoms with Crippen molar-refractivity contribution < 1.29 is 9.53 Å². The molecule has 0 bridgehead atoms. The minimum Gasteiger partial charge on any atom is -0.363 e. The minimum atomic E-state index is -0.755. The Morgan fingerprint density at radius 1 is 1.43 bits per heavy atom. The Kier molecular flexibility index (Phi) is 4.96. The number of hydrogen-bond acceptors (Lipinski definition) is 5. The third kappa shape index (κ3) is 3.55. The number of likely N-dealkylation sites (N-methyl/N-ethyl adjacent to an activating group) is 1. The van der Waals surface area contributed by atoms with E-state index in [-0.39, 0.29) is 5.91 Å². The molecule has 0 aliphatic carbocycles. The maximum absolute atomic E-state index is 12.1. The summed E-state index contributed by atoms with van der Waals surface area (Å²) in [5.41, 5.74) is 7.20. The van der Waals surface area contributed by atoms with Crippen molar-refractivity contribution in [3.63, 3.8) is 0 Å². The van der Waals surface area contributed by atoms with Gasteiger partial charge in [0.05, 0.1) is 12.6 Å². The highest BCUT2D eigenvalue weighted by molar-refractivity contribution is 5.84. The molecule has 1 aromatic rings. The summed E-state index contributed by atoms with van der Waals surface area (Å²) in [6.45, 7) is 5.82. The smallest absolute Gasteiger partial charge is 0.253 e. The Morgan fingerprint density at radius 2 is 2.22 bits per heavy atom. The van der Waals surface area contributed by atoms with Gasteiger partial charge in [0.15, 0.2) is 5.60 Å². The Hall–Kier alpha value is -1.47. The van der Waals surface area contributed by atoms with E-state index < -0.39 is 5.60 Å². The molecule has 2 aliphatic heterocycles. The van der Waals surface area contributed by atoms with E-state index in [1.807, 2.05) is 13.0 Å². The van der Waals surface area contributed by atoms with Gasteiger partial charge in [-0.2, -0.15) is 0 Å². The molecule has 2 fully saturated rings. The third-order valence-electron chi connectivity index (χ3n) is 4.81. The molecule has 3 atom stereocenters. The molecule has 126 valence electrons. The van der Waals surface area contributed by atoms with E-state index in [0.29, 0.717) is 25.1 Å². The Morgan fingerprint density at radius 3 is 2.96 bits per heavy atom. The normalized spacial score (nSPS) is 31.9. The molecule has 6 heteroatoms. The summed E-state index contributed by atoms with van der Waals surface area (Å²) in [6, 6.07) is 10.8. The first-order chi connectivity index (χ1) is 11.1. The van der Waals surface area contributed by atoms with Crippen molar-refractivity contribution in [1.29, 1.82) is 0 Å². The van der Waals surface area contributed by atoms with Gasteiger partial charge in [0, 0.05) is 39.1 Å². The summed E-state index contributed by atoms with van der Waals surface area (Å²) in [4.78, 5) is 14.4. The predicted molar refractivity (Wildman–Crippen MR) is 88.7 cm³/mol. The summed E-state index contributed by atoms with van der Waals surface area (Å²) < 4.78 is 5.74. The first-order valence-electron chi connectivity index (χ1n) is 8.24. The van der Waals surface area contributed by atoms with Crippen LogP contribution in [0, 0.1) is 5.92 Å². The summed E-state index contributed by atoms with van der Waals surface area (Å²) in [6.07, 6.45) is 0. The molecule has 2 heterocycles. The van der Waals surface area contributed by atoms with Crippen LogP contribution in [0.2, 0.25) is 0 Å². The number of amides is 1. The number of morpholine rings is 1. The fraction of sp³-hybridized carbons (Fsp3) is 0.588. The van der Waals surface area contributed by atoms with Crippen LogP contribution >= 0.6 is 0 Å². The Balaban J connectivity index is 1.65. The van der Waals surface area contributed by atoms with Gasteiger partial charge >= 0.3 is 0 Å². The average Bonchev–Trinajstić information content (AvgIpc) is 3.03. The van der Waals surface area contributed by atoms with Crippen molar-refractivity contribution in [2.75, 3.05) is 39.8 Å². The number of hydrogen-bond donors (Lipinski definition) is 3. The van der Waals surface area contributed by atoms with Crippen molar-refractivity contribution in [2.45, 2.75) is 18.6 Å². The number of nitrogens with one attached hydrogen (secondary N) is 3. The van der Waals surface area contributed by atoms with Crippen molar-refractivity contribution in [3.05, 3.63) is 35.9 Å². The highest BCUT2D eigenvalue weighted by Gasteiger charge is 2.40. The minimum absolute atomic E-state index is 0.0514. The van der Waals surface area contributed by atoms with Crippen molar-refractivity contribution >= 4 is 5.91 Å². The molecule has 3 N–H and O–H groups in total. The molecule has 6 nitrogen and oxygen atoms in total. The van der Waals surface area contributed by atoms with E-state index in [1.54, 1.807) is 7.05 Å². The summed E-state index contributed by atoms with van der Waals surface area (Å²) in [7, 11) is 1.66. The van der Waals surface area contributed by atoms with Gasteiger partial charge in [-0.25, -0.2) is 5.43 Å². The second-order valence-electron chi connectivity index (χ2n) is 6.57. The van der Waals surface area contributed by atoms with E-state index in [0.717, 1.165) is 19.6 Å². The predicted octanol–water partition coefficient (Wildman–Crippen LogP) is 0.289. The van der Waals surface area contributed by atoms with E-state index in [1.165, 1.54) is 5.56 Å². The lowest BCUT2D eigenvalue weighted by Gasteiger charge is -2.40. The number of hydrazine groups is 1. The number of rotatable bonds is 4. The molecule has 0 radical (unpaired) electrons. The van der Waals surface area contributed by atoms with Crippen LogP contribution in [0.25, 0.3) is 0 Å². The van der Waals surface area contributed by atoms with Crippen molar-refractivity contribution in [1.82, 2.24) is 21.1 Å². The number of ether oxygens (including phenoxy) is 1. The van der Waals surface area contributed by atoms with E-state index in [2.05, 4.69) is 45.3 Å². The maximum Gasteiger partial charge on any atom is 0.253 e. The molecule has 23 heavy (non-hydrogen) atoms. The summed E-state index contributed by atoms with van der Waals surface area (Å²) >= 11 is 0. The lowest BCUT2D eigenvalue weighted by Crippen LogP contribution is -2.58. The van der Waals surface area contributed by atoms with Gasteiger partial charge in [-0.15, -0.1) is 0 Å². The largest absolute Gasteiger partial charge is 0.363 e. The highest BCUT2D eigenvalue weighted by atomic mass is 16.5. The van der Waals surface area contributed by atoms with E-state index in [9.17, 15) is 4.79 Å². The van der Waals surface area contributed by atoms with Crippen LogP contribution < -0.4 is 16.2 Å². The summed E-state index contributed by atoms with van der Waals surface area (Å²) in [5, 5.41) is 2.71. The molecular weight excluding hydrogens is 292 g/mol. The van der Waals surface area contributed by atoms with Crippen LogP contribution in [0.5, 0.6) is 0 Å². The first-order valence-corrected chi connectivity index (χ1v) is 8.24. The monoisotopic (exact) mass is 318 g/mol. The molecule has 0 aromatic heterocycles. The van der Waals surface area contributed by atoms with Gasteiger partial charge in [-0.05, 0) is 12.5 Å². The van der Waals surface area contributed by atoms with E-state index >= 15 is 0 Å². The molecular formula is C17H26N4O2. The van der Waals surface area contributed by atoms with Crippen LogP contribution in [-0.2, 0) is 9.53 Å². The average molecular weight is 318 g/mol. The zero-order valence-electron chi connectivity index (χ0n) is 13.8. The second-order valence-corrected chi connectivity index (χ2v) is 6.57. The topological polar surface area (TPSA) is 65.6 Å². The van der Waals surface area contributed by atoms with Gasteiger partial charge in [0.25, 0.3) is 5.91 Å². The molecule has 3 unspecified atom stereocenters. The zero-order chi connectivity index (χ0) is 16.3. The van der Waals surface area contributed by atoms with Gasteiger partial charge in [-0.3, -0.25) is 15.1 Å². The number of nitrogens with zero attached hydrogens (tertiary/aromatic N) is 1. The third-order valence-corrected chi connectivity index (χ3v) is 4.81. The molecule has 2 saturated heterocycles. The molecule has 1 amide bonds. The molecule has 1 aromatic carbocycles.